The van der Waals surface area contributed by atoms with Gasteiger partial charge in [0.25, 0.3) is 10.7 Å². The molecule has 1 heterocycles. The molecule has 1 saturated carbocycles. The zero-order chi connectivity index (χ0) is 17.5. The Morgan fingerprint density at radius 1 is 1.38 bits per heavy atom. The average molecular weight is 347 g/mol. The van der Waals surface area contributed by atoms with Crippen molar-refractivity contribution in [1.82, 2.24) is 15.5 Å². The lowest BCUT2D eigenvalue weighted by molar-refractivity contribution is -0.177. The molecule has 0 aliphatic heterocycles. The number of rotatable bonds is 4. The molecule has 1 fully saturated rings. The number of ether oxygens (including phenoxy) is 1. The first kappa shape index (κ1) is 16.9. The van der Waals surface area contributed by atoms with E-state index in [2.05, 4.69) is 36.3 Å². The average Bonchev–Trinajstić information content (AvgIpc) is 3.00. The molecule has 6 nitrogen and oxygen atoms in total. The predicted octanol–water partition coefficient (Wildman–Crippen LogP) is 3.33. The van der Waals surface area contributed by atoms with E-state index in [4.69, 9.17) is 21.4 Å². The number of nitrogens with one attached hydrogen (secondary N) is 2. The van der Waals surface area contributed by atoms with Crippen LogP contribution in [0.5, 0.6) is 0 Å². The van der Waals surface area contributed by atoms with Gasteiger partial charge in [-0.2, -0.15) is 0 Å². The number of hydrogen-bond donors (Lipinski definition) is 2. The molecule has 128 valence electrons. The fourth-order valence-corrected chi connectivity index (χ4v) is 3.21. The number of carbonyl (C=O) groups is 1. The van der Waals surface area contributed by atoms with Crippen molar-refractivity contribution in [3.63, 3.8) is 0 Å². The van der Waals surface area contributed by atoms with Crippen molar-refractivity contribution < 1.29 is 13.9 Å². The minimum Gasteiger partial charge on any atom is -0.409 e. The summed E-state index contributed by atoms with van der Waals surface area (Å²) in [4.78, 5) is 12.7. The fourth-order valence-electron chi connectivity index (χ4n) is 3.08. The van der Waals surface area contributed by atoms with E-state index in [1.807, 2.05) is 0 Å². The van der Waals surface area contributed by atoms with Crippen molar-refractivity contribution >= 4 is 18.1 Å². The molecule has 1 amide bonds. The summed E-state index contributed by atoms with van der Waals surface area (Å²) in [5, 5.41) is 9.64. The summed E-state index contributed by atoms with van der Waals surface area (Å²) in [7, 11) is 1.72. The molecule has 1 aromatic carbocycles. The SMILES string of the molecule is CO[C@]1(C)C[C@@H](NC(=O)c2ccc(-c3n[nH]c(=S)o3)cc2)C1(C)C. The van der Waals surface area contributed by atoms with E-state index >= 15 is 0 Å². The Morgan fingerprint density at radius 2 is 2.04 bits per heavy atom. The van der Waals surface area contributed by atoms with Gasteiger partial charge in [-0.1, -0.05) is 13.8 Å². The fraction of sp³-hybridized carbons (Fsp3) is 0.471. The van der Waals surface area contributed by atoms with E-state index in [1.54, 1.807) is 31.4 Å². The molecule has 24 heavy (non-hydrogen) atoms. The van der Waals surface area contributed by atoms with Gasteiger partial charge in [0, 0.05) is 29.7 Å². The van der Waals surface area contributed by atoms with Crippen molar-refractivity contribution in [2.24, 2.45) is 5.41 Å². The summed E-state index contributed by atoms with van der Waals surface area (Å²) in [5.74, 6) is 0.309. The van der Waals surface area contributed by atoms with Gasteiger partial charge in [0.15, 0.2) is 0 Å². The molecule has 3 rings (SSSR count). The van der Waals surface area contributed by atoms with Crippen LogP contribution in [0.4, 0.5) is 0 Å². The number of aromatic nitrogens is 2. The van der Waals surface area contributed by atoms with Gasteiger partial charge in [-0.05, 0) is 49.8 Å². The van der Waals surface area contributed by atoms with Gasteiger partial charge in [0.2, 0.25) is 5.89 Å². The van der Waals surface area contributed by atoms with E-state index in [-0.39, 0.29) is 27.8 Å². The molecular weight excluding hydrogens is 326 g/mol. The van der Waals surface area contributed by atoms with Crippen LogP contribution in [0.1, 0.15) is 37.6 Å². The zero-order valence-electron chi connectivity index (χ0n) is 14.2. The maximum Gasteiger partial charge on any atom is 0.284 e. The lowest BCUT2D eigenvalue weighted by Gasteiger charge is -2.59. The molecule has 0 saturated heterocycles. The number of nitrogens with zero attached hydrogens (tertiary/aromatic N) is 1. The van der Waals surface area contributed by atoms with Gasteiger partial charge in [-0.15, -0.1) is 5.10 Å². The van der Waals surface area contributed by atoms with Gasteiger partial charge < -0.3 is 14.5 Å². The van der Waals surface area contributed by atoms with Crippen molar-refractivity contribution in [3.8, 4) is 11.5 Å². The molecule has 2 atom stereocenters. The zero-order valence-corrected chi connectivity index (χ0v) is 15.0. The Kier molecular flexibility index (Phi) is 4.09. The number of carbonyl (C=O) groups excluding carboxylic acids is 1. The van der Waals surface area contributed by atoms with Crippen LogP contribution in [0.2, 0.25) is 0 Å². The molecule has 0 spiro atoms. The molecule has 0 unspecified atom stereocenters. The number of hydrogen-bond acceptors (Lipinski definition) is 5. The molecule has 1 aliphatic carbocycles. The number of methoxy groups -OCH3 is 1. The van der Waals surface area contributed by atoms with E-state index in [9.17, 15) is 4.79 Å². The Balaban J connectivity index is 1.69. The van der Waals surface area contributed by atoms with Crippen LogP contribution < -0.4 is 5.32 Å². The highest BCUT2D eigenvalue weighted by molar-refractivity contribution is 7.71. The van der Waals surface area contributed by atoms with Crippen LogP contribution in [-0.2, 0) is 4.74 Å². The molecule has 0 bridgehead atoms. The second-order valence-corrected chi connectivity index (χ2v) is 7.25. The molecule has 2 aromatic rings. The molecule has 7 heteroatoms. The van der Waals surface area contributed by atoms with E-state index in [0.717, 1.165) is 12.0 Å². The van der Waals surface area contributed by atoms with Crippen LogP contribution in [0.15, 0.2) is 28.7 Å². The summed E-state index contributed by atoms with van der Waals surface area (Å²) < 4.78 is 10.9. The van der Waals surface area contributed by atoms with Gasteiger partial charge in [0.05, 0.1) is 5.60 Å². The number of aromatic amines is 1. The van der Waals surface area contributed by atoms with Crippen LogP contribution >= 0.6 is 12.2 Å². The Bertz CT molecular complexity index is 809. The molecule has 2 N–H and O–H groups in total. The number of amides is 1. The lowest BCUT2D eigenvalue weighted by Crippen LogP contribution is -2.68. The largest absolute Gasteiger partial charge is 0.409 e. The number of H-pyrrole nitrogens is 1. The van der Waals surface area contributed by atoms with E-state index in [0.29, 0.717) is 11.5 Å². The summed E-state index contributed by atoms with van der Waals surface area (Å²) in [6.07, 6.45) is 0.800. The third-order valence-electron chi connectivity index (χ3n) is 5.42. The highest BCUT2D eigenvalue weighted by Crippen LogP contribution is 2.51. The Morgan fingerprint density at radius 3 is 2.54 bits per heavy atom. The highest BCUT2D eigenvalue weighted by atomic mass is 32.1. The molecular formula is C17H21N3O3S. The summed E-state index contributed by atoms with van der Waals surface area (Å²) in [6, 6.07) is 7.15. The molecule has 0 radical (unpaired) electrons. The smallest absolute Gasteiger partial charge is 0.284 e. The monoisotopic (exact) mass is 347 g/mol. The van der Waals surface area contributed by atoms with Gasteiger partial charge in [0.1, 0.15) is 0 Å². The minimum atomic E-state index is -0.210. The first-order valence-corrected chi connectivity index (χ1v) is 8.19. The predicted molar refractivity (Wildman–Crippen MR) is 92.2 cm³/mol. The number of benzene rings is 1. The van der Waals surface area contributed by atoms with Gasteiger partial charge in [-0.3, -0.25) is 4.79 Å². The van der Waals surface area contributed by atoms with Crippen LogP contribution in [-0.4, -0.2) is 34.9 Å². The van der Waals surface area contributed by atoms with Gasteiger partial charge >= 0.3 is 0 Å². The lowest BCUT2D eigenvalue weighted by atomic mass is 9.56. The van der Waals surface area contributed by atoms with Gasteiger partial charge in [-0.25, -0.2) is 5.10 Å². The second-order valence-electron chi connectivity index (χ2n) is 6.88. The van der Waals surface area contributed by atoms with Crippen LogP contribution in [0, 0.1) is 10.3 Å². The summed E-state index contributed by atoms with van der Waals surface area (Å²) >= 11 is 4.86. The van der Waals surface area contributed by atoms with Crippen molar-refractivity contribution in [2.45, 2.75) is 38.8 Å². The first-order chi connectivity index (χ1) is 11.3. The van der Waals surface area contributed by atoms with Crippen molar-refractivity contribution in [1.29, 1.82) is 0 Å². The maximum atomic E-state index is 12.5. The summed E-state index contributed by atoms with van der Waals surface area (Å²) in [5.41, 5.74) is 1.02. The maximum absolute atomic E-state index is 12.5. The van der Waals surface area contributed by atoms with Crippen molar-refractivity contribution in [3.05, 3.63) is 34.7 Å². The Labute approximate surface area is 145 Å². The van der Waals surface area contributed by atoms with E-state index in [1.165, 1.54) is 0 Å². The van der Waals surface area contributed by atoms with Crippen LogP contribution in [0.25, 0.3) is 11.5 Å². The summed E-state index contributed by atoms with van der Waals surface area (Å²) in [6.45, 7) is 6.30. The molecule has 1 aliphatic rings. The standard InChI is InChI=1S/C17H21N3O3S/c1-16(2)12(9-17(16,3)22-4)18-13(21)10-5-7-11(8-6-10)14-19-20-15(24)23-14/h5-8,12H,9H2,1-4H3,(H,18,21)(H,20,24)/t12-,17-/m1/s1. The Hall–Kier alpha value is -1.99. The third kappa shape index (κ3) is 2.67. The topological polar surface area (TPSA) is 80.1 Å². The highest BCUT2D eigenvalue weighted by Gasteiger charge is 2.58. The minimum absolute atomic E-state index is 0.0822. The normalized spacial score (nSPS) is 25.1. The van der Waals surface area contributed by atoms with E-state index < -0.39 is 0 Å². The quantitative estimate of drug-likeness (QED) is 0.829. The second kappa shape index (κ2) is 5.82. The first-order valence-electron chi connectivity index (χ1n) is 7.79. The van der Waals surface area contributed by atoms with Crippen molar-refractivity contribution in [2.75, 3.05) is 7.11 Å². The van der Waals surface area contributed by atoms with Crippen LogP contribution in [0.3, 0.4) is 0 Å². The third-order valence-corrected chi connectivity index (χ3v) is 5.59. The molecule has 1 aromatic heterocycles.